The minimum atomic E-state index is -1.04. The Morgan fingerprint density at radius 2 is 1.69 bits per heavy atom. The minimum Gasteiger partial charge on any atom is -0.466 e. The summed E-state index contributed by atoms with van der Waals surface area (Å²) in [4.78, 5) is 35.2. The fraction of sp³-hybridized carbons (Fsp3) is 0.500. The Kier molecular flexibility index (Phi) is 9.78. The van der Waals surface area contributed by atoms with Crippen molar-refractivity contribution in [1.82, 2.24) is 4.90 Å². The molecule has 26 heavy (non-hydrogen) atoms. The van der Waals surface area contributed by atoms with Crippen molar-refractivity contribution in [3.05, 3.63) is 35.9 Å². The average molecular weight is 367 g/mol. The zero-order valence-corrected chi connectivity index (χ0v) is 15.1. The molecule has 0 fully saturated rings. The fourth-order valence-corrected chi connectivity index (χ4v) is 2.06. The normalized spacial score (nSPS) is 11.3. The first-order chi connectivity index (χ1) is 12.4. The SMILES string of the molecule is CC(=O)OCCCN(C[C@@H](O)COC(C)=O)C(=O)OCc1ccccc1. The van der Waals surface area contributed by atoms with Crippen molar-refractivity contribution < 1.29 is 33.7 Å². The summed E-state index contributed by atoms with van der Waals surface area (Å²) in [5.41, 5.74) is 0.834. The molecule has 0 radical (unpaired) electrons. The Labute approximate surface area is 152 Å². The molecule has 1 atom stereocenters. The molecule has 1 N–H and O–H groups in total. The highest BCUT2D eigenvalue weighted by atomic mass is 16.6. The predicted molar refractivity (Wildman–Crippen MR) is 92.1 cm³/mol. The summed E-state index contributed by atoms with van der Waals surface area (Å²) < 4.78 is 14.8. The van der Waals surface area contributed by atoms with Crippen LogP contribution in [0.2, 0.25) is 0 Å². The van der Waals surface area contributed by atoms with Gasteiger partial charge in [0.1, 0.15) is 19.3 Å². The van der Waals surface area contributed by atoms with Gasteiger partial charge in [0.25, 0.3) is 0 Å². The van der Waals surface area contributed by atoms with Gasteiger partial charge in [-0.1, -0.05) is 30.3 Å². The molecule has 0 saturated heterocycles. The molecule has 0 unspecified atom stereocenters. The number of carbonyl (C=O) groups is 3. The molecule has 1 rings (SSSR count). The summed E-state index contributed by atoms with van der Waals surface area (Å²) in [6.07, 6.45) is -1.27. The van der Waals surface area contributed by atoms with Gasteiger partial charge in [-0.05, 0) is 12.0 Å². The molecule has 0 aliphatic rings. The van der Waals surface area contributed by atoms with Crippen molar-refractivity contribution in [1.29, 1.82) is 0 Å². The zero-order valence-electron chi connectivity index (χ0n) is 15.1. The van der Waals surface area contributed by atoms with E-state index in [1.54, 1.807) is 0 Å². The molecular formula is C18H25NO7. The lowest BCUT2D eigenvalue weighted by molar-refractivity contribution is -0.144. The van der Waals surface area contributed by atoms with E-state index in [9.17, 15) is 19.5 Å². The summed E-state index contributed by atoms with van der Waals surface area (Å²) in [7, 11) is 0. The third-order valence-corrected chi connectivity index (χ3v) is 3.25. The van der Waals surface area contributed by atoms with E-state index in [0.29, 0.717) is 6.42 Å². The highest BCUT2D eigenvalue weighted by Gasteiger charge is 2.20. The molecule has 0 heterocycles. The van der Waals surface area contributed by atoms with Gasteiger partial charge in [0.2, 0.25) is 0 Å². The van der Waals surface area contributed by atoms with Crippen LogP contribution in [0.4, 0.5) is 4.79 Å². The van der Waals surface area contributed by atoms with Crippen LogP contribution in [0.3, 0.4) is 0 Å². The molecule has 1 aromatic rings. The van der Waals surface area contributed by atoms with E-state index in [1.165, 1.54) is 18.7 Å². The second-order valence-corrected chi connectivity index (χ2v) is 5.64. The van der Waals surface area contributed by atoms with Gasteiger partial charge in [-0.2, -0.15) is 0 Å². The summed E-state index contributed by atoms with van der Waals surface area (Å²) >= 11 is 0. The Morgan fingerprint density at radius 3 is 2.31 bits per heavy atom. The standard InChI is InChI=1S/C18H25NO7/c1-14(20)24-10-6-9-19(11-17(22)13-25-15(2)21)18(23)26-12-16-7-4-3-5-8-16/h3-5,7-8,17,22H,6,9-13H2,1-2H3/t17-/m1/s1. The first-order valence-electron chi connectivity index (χ1n) is 8.29. The average Bonchev–Trinajstić information content (AvgIpc) is 2.61. The number of ether oxygens (including phenoxy) is 3. The number of hydrogen-bond donors (Lipinski definition) is 1. The molecule has 0 aromatic heterocycles. The number of esters is 2. The number of carbonyl (C=O) groups excluding carboxylic acids is 3. The van der Waals surface area contributed by atoms with Gasteiger partial charge in [-0.25, -0.2) is 4.79 Å². The van der Waals surface area contributed by atoms with Gasteiger partial charge in [-0.3, -0.25) is 9.59 Å². The van der Waals surface area contributed by atoms with Crippen LogP contribution in [0.25, 0.3) is 0 Å². The maximum Gasteiger partial charge on any atom is 0.410 e. The van der Waals surface area contributed by atoms with Gasteiger partial charge in [0.05, 0.1) is 13.2 Å². The van der Waals surface area contributed by atoms with E-state index in [0.717, 1.165) is 5.56 Å². The summed E-state index contributed by atoms with van der Waals surface area (Å²) in [6.45, 7) is 2.71. The quantitative estimate of drug-likeness (QED) is 0.380. The molecule has 1 aromatic carbocycles. The van der Waals surface area contributed by atoms with E-state index in [-0.39, 0.29) is 32.9 Å². The predicted octanol–water partition coefficient (Wildman–Crippen LogP) is 1.50. The van der Waals surface area contributed by atoms with Crippen LogP contribution in [0.5, 0.6) is 0 Å². The van der Waals surface area contributed by atoms with Crippen LogP contribution < -0.4 is 0 Å². The van der Waals surface area contributed by atoms with Crippen LogP contribution in [-0.2, 0) is 30.4 Å². The molecule has 0 saturated carbocycles. The van der Waals surface area contributed by atoms with E-state index < -0.39 is 24.1 Å². The Hall–Kier alpha value is -2.61. The zero-order chi connectivity index (χ0) is 19.4. The van der Waals surface area contributed by atoms with Crippen molar-refractivity contribution >= 4 is 18.0 Å². The van der Waals surface area contributed by atoms with Gasteiger partial charge in [-0.15, -0.1) is 0 Å². The first kappa shape index (κ1) is 21.4. The highest BCUT2D eigenvalue weighted by Crippen LogP contribution is 2.05. The Bertz CT molecular complexity index is 576. The van der Waals surface area contributed by atoms with Crippen molar-refractivity contribution in [2.45, 2.75) is 33.0 Å². The van der Waals surface area contributed by atoms with E-state index in [4.69, 9.17) is 14.2 Å². The maximum absolute atomic E-state index is 12.3. The third kappa shape index (κ3) is 9.63. The highest BCUT2D eigenvalue weighted by molar-refractivity contribution is 5.68. The van der Waals surface area contributed by atoms with Gasteiger partial charge < -0.3 is 24.2 Å². The second-order valence-electron chi connectivity index (χ2n) is 5.64. The number of hydrogen-bond acceptors (Lipinski definition) is 7. The van der Waals surface area contributed by atoms with E-state index in [1.807, 2.05) is 30.3 Å². The smallest absolute Gasteiger partial charge is 0.410 e. The van der Waals surface area contributed by atoms with E-state index >= 15 is 0 Å². The fourth-order valence-electron chi connectivity index (χ4n) is 2.06. The van der Waals surface area contributed by atoms with Crippen LogP contribution in [0, 0.1) is 0 Å². The van der Waals surface area contributed by atoms with Gasteiger partial charge >= 0.3 is 18.0 Å². The topological polar surface area (TPSA) is 102 Å². The monoisotopic (exact) mass is 367 g/mol. The van der Waals surface area contributed by atoms with Crippen molar-refractivity contribution in [3.8, 4) is 0 Å². The molecule has 0 spiro atoms. The van der Waals surface area contributed by atoms with Crippen molar-refractivity contribution in [2.75, 3.05) is 26.3 Å². The number of nitrogens with zero attached hydrogens (tertiary/aromatic N) is 1. The molecular weight excluding hydrogens is 342 g/mol. The molecule has 0 aliphatic heterocycles. The maximum atomic E-state index is 12.3. The minimum absolute atomic E-state index is 0.0685. The summed E-state index contributed by atoms with van der Waals surface area (Å²) in [6, 6.07) is 9.19. The molecule has 0 bridgehead atoms. The van der Waals surface area contributed by atoms with Crippen molar-refractivity contribution in [3.63, 3.8) is 0 Å². The Balaban J connectivity index is 2.54. The molecule has 8 nitrogen and oxygen atoms in total. The van der Waals surface area contributed by atoms with Crippen LogP contribution in [0.15, 0.2) is 30.3 Å². The summed E-state index contributed by atoms with van der Waals surface area (Å²) in [5.74, 6) is -0.921. The van der Waals surface area contributed by atoms with Crippen LogP contribution in [-0.4, -0.2) is 60.4 Å². The van der Waals surface area contributed by atoms with Crippen LogP contribution in [0.1, 0.15) is 25.8 Å². The van der Waals surface area contributed by atoms with Crippen molar-refractivity contribution in [2.24, 2.45) is 0 Å². The van der Waals surface area contributed by atoms with Gasteiger partial charge in [0.15, 0.2) is 0 Å². The molecule has 0 aliphatic carbocycles. The number of aliphatic hydroxyl groups is 1. The summed E-state index contributed by atoms with van der Waals surface area (Å²) in [5, 5.41) is 9.94. The Morgan fingerprint density at radius 1 is 1.04 bits per heavy atom. The lowest BCUT2D eigenvalue weighted by Crippen LogP contribution is -2.40. The molecule has 1 amide bonds. The second kappa shape index (κ2) is 11.9. The molecule has 144 valence electrons. The first-order valence-corrected chi connectivity index (χ1v) is 8.29. The molecule has 8 heteroatoms. The number of amides is 1. The van der Waals surface area contributed by atoms with Gasteiger partial charge in [0, 0.05) is 20.4 Å². The number of aliphatic hydroxyl groups excluding tert-OH is 1. The number of rotatable bonds is 10. The van der Waals surface area contributed by atoms with E-state index in [2.05, 4.69) is 0 Å². The third-order valence-electron chi connectivity index (χ3n) is 3.25. The lowest BCUT2D eigenvalue weighted by atomic mass is 10.2. The number of benzene rings is 1. The van der Waals surface area contributed by atoms with Crippen LogP contribution >= 0.6 is 0 Å². The lowest BCUT2D eigenvalue weighted by Gasteiger charge is -2.24. The largest absolute Gasteiger partial charge is 0.466 e.